The molecule has 0 saturated carbocycles. The van der Waals surface area contributed by atoms with Gasteiger partial charge in [-0.05, 0) is 69.7 Å². The summed E-state index contributed by atoms with van der Waals surface area (Å²) in [6.45, 7) is 22.5. The van der Waals surface area contributed by atoms with Crippen LogP contribution in [0.15, 0.2) is 49.6 Å². The Morgan fingerprint density at radius 3 is 2.16 bits per heavy atom. The van der Waals surface area contributed by atoms with Gasteiger partial charge in [-0.1, -0.05) is 39.8 Å². The molecule has 248 valence electrons. The number of carbonyl (C=O) groups excluding carboxylic acids is 3. The number of ether oxygens (including phenoxy) is 1. The van der Waals surface area contributed by atoms with E-state index >= 15 is 4.79 Å². The van der Waals surface area contributed by atoms with Crippen LogP contribution < -0.4 is 9.80 Å². The number of aliphatic hydroxyl groups is 1. The molecule has 3 aliphatic rings. The van der Waals surface area contributed by atoms with Crippen molar-refractivity contribution >= 4 is 29.1 Å². The molecule has 0 aliphatic carbocycles. The number of likely N-dealkylation sites (tertiary alicyclic amines) is 1. The largest absolute Gasteiger partial charge is 0.394 e. The molecule has 0 aromatic heterocycles. The van der Waals surface area contributed by atoms with Crippen LogP contribution >= 0.6 is 0 Å². The molecule has 1 aromatic rings. The number of aliphatic hydroxyl groups excluding tert-OH is 1. The molecule has 6 atom stereocenters. The number of hydrogen-bond donors (Lipinski definition) is 1. The fourth-order valence-electron chi connectivity index (χ4n) is 8.23. The highest BCUT2D eigenvalue weighted by Crippen LogP contribution is 2.65. The molecule has 3 fully saturated rings. The van der Waals surface area contributed by atoms with E-state index in [1.165, 1.54) is 0 Å². The third-order valence-electron chi connectivity index (χ3n) is 10.5. The van der Waals surface area contributed by atoms with E-state index < -0.39 is 35.1 Å². The molecular formula is C36H54N4O5. The predicted molar refractivity (Wildman–Crippen MR) is 179 cm³/mol. The fourth-order valence-corrected chi connectivity index (χ4v) is 8.23. The molecule has 3 aliphatic heterocycles. The number of amides is 3. The van der Waals surface area contributed by atoms with Crippen molar-refractivity contribution in [2.45, 2.75) is 90.5 Å². The molecule has 1 aromatic carbocycles. The normalized spacial score (nSPS) is 27.4. The second kappa shape index (κ2) is 14.1. The number of nitrogens with zero attached hydrogens (tertiary/aromatic N) is 4. The van der Waals surface area contributed by atoms with Crippen molar-refractivity contribution in [1.82, 2.24) is 9.80 Å². The van der Waals surface area contributed by atoms with Gasteiger partial charge in [-0.2, -0.15) is 0 Å². The fraction of sp³-hybridized carbons (Fsp3) is 0.639. The molecule has 1 N–H and O–H groups in total. The van der Waals surface area contributed by atoms with Crippen LogP contribution in [-0.4, -0.2) is 95.2 Å². The van der Waals surface area contributed by atoms with Crippen molar-refractivity contribution in [3.8, 4) is 0 Å². The average Bonchev–Trinajstić information content (AvgIpc) is 3.64. The van der Waals surface area contributed by atoms with E-state index in [2.05, 4.69) is 31.9 Å². The summed E-state index contributed by atoms with van der Waals surface area (Å²) in [5.74, 6) is -2.35. The topological polar surface area (TPSA) is 93.6 Å². The highest BCUT2D eigenvalue weighted by Gasteiger charge is 2.79. The number of benzene rings is 1. The van der Waals surface area contributed by atoms with Crippen LogP contribution in [0.25, 0.3) is 0 Å². The van der Waals surface area contributed by atoms with Crippen LogP contribution in [0.3, 0.4) is 0 Å². The van der Waals surface area contributed by atoms with E-state index in [0.29, 0.717) is 38.0 Å². The van der Waals surface area contributed by atoms with Gasteiger partial charge in [0.15, 0.2) is 0 Å². The van der Waals surface area contributed by atoms with Gasteiger partial charge < -0.3 is 29.4 Å². The third-order valence-corrected chi connectivity index (χ3v) is 10.5. The number of rotatable bonds is 16. The summed E-state index contributed by atoms with van der Waals surface area (Å²) < 4.78 is 7.02. The van der Waals surface area contributed by atoms with Crippen LogP contribution in [0.5, 0.6) is 0 Å². The second-order valence-corrected chi connectivity index (χ2v) is 13.1. The van der Waals surface area contributed by atoms with Crippen molar-refractivity contribution in [3.63, 3.8) is 0 Å². The lowest BCUT2D eigenvalue weighted by atomic mass is 9.64. The molecule has 9 nitrogen and oxygen atoms in total. The summed E-state index contributed by atoms with van der Waals surface area (Å²) in [6, 6.07) is 6.27. The first-order valence-electron chi connectivity index (χ1n) is 16.9. The molecule has 9 heteroatoms. The molecule has 4 rings (SSSR count). The Morgan fingerprint density at radius 1 is 1.02 bits per heavy atom. The maximum Gasteiger partial charge on any atom is 0.253 e. The van der Waals surface area contributed by atoms with Crippen LogP contribution in [0.4, 0.5) is 11.4 Å². The lowest BCUT2D eigenvalue weighted by Crippen LogP contribution is -2.60. The van der Waals surface area contributed by atoms with Crippen LogP contribution in [0, 0.1) is 17.8 Å². The van der Waals surface area contributed by atoms with Gasteiger partial charge in [0.25, 0.3) is 5.91 Å². The zero-order valence-corrected chi connectivity index (χ0v) is 28.2. The van der Waals surface area contributed by atoms with Gasteiger partial charge in [-0.3, -0.25) is 14.4 Å². The third kappa shape index (κ3) is 5.71. The smallest absolute Gasteiger partial charge is 0.253 e. The zero-order valence-electron chi connectivity index (χ0n) is 28.2. The number of anilines is 2. The second-order valence-electron chi connectivity index (χ2n) is 13.1. The Labute approximate surface area is 269 Å². The minimum absolute atomic E-state index is 0.119. The molecular weight excluding hydrogens is 568 g/mol. The standard InChI is InChI=1S/C36H54N4O5/c1-9-21-38(22-10-2)32(42)29-30-33(43)40(28(24-41)25(7)8)31(36(30)20-19-35(29,12-4)45-36)34(44)39(23-11-3)27-17-15-26(16-18-27)37(13-5)14-6/h9,11,15-18,25,28-31,41H,1,3,10,12-14,19-24H2,2,4-8H3/t28-,29+,30-,31?,35-,36?/m0/s1. The van der Waals surface area contributed by atoms with Crippen LogP contribution in [-0.2, 0) is 19.1 Å². The van der Waals surface area contributed by atoms with Gasteiger partial charge in [-0.15, -0.1) is 13.2 Å². The molecule has 3 saturated heterocycles. The van der Waals surface area contributed by atoms with E-state index in [1.54, 1.807) is 26.9 Å². The maximum atomic E-state index is 15.0. The first-order chi connectivity index (χ1) is 21.6. The summed E-state index contributed by atoms with van der Waals surface area (Å²) in [5.41, 5.74) is -0.263. The molecule has 1 spiro atoms. The van der Waals surface area contributed by atoms with E-state index in [-0.39, 0.29) is 36.8 Å². The van der Waals surface area contributed by atoms with Crippen molar-refractivity contribution in [1.29, 1.82) is 0 Å². The first kappa shape index (κ1) is 34.7. The van der Waals surface area contributed by atoms with E-state index in [1.807, 2.05) is 52.0 Å². The van der Waals surface area contributed by atoms with Gasteiger partial charge >= 0.3 is 0 Å². The number of carbonyl (C=O) groups is 3. The SMILES string of the molecule is C=CCN(CCC)C(=O)[C@H]1[C@H]2C(=O)N([C@@H](CO)C(C)C)C(C(=O)N(CC=C)c3ccc(N(CC)CC)cc3)C23CC[C@]1(CC)O3. The van der Waals surface area contributed by atoms with Crippen LogP contribution in [0.1, 0.15) is 67.2 Å². The van der Waals surface area contributed by atoms with Gasteiger partial charge in [0.05, 0.1) is 30.1 Å². The quantitative estimate of drug-likeness (QED) is 0.270. The zero-order chi connectivity index (χ0) is 33.1. The summed E-state index contributed by atoms with van der Waals surface area (Å²) in [4.78, 5) is 51.4. The average molecular weight is 623 g/mol. The number of hydrogen-bond acceptors (Lipinski definition) is 6. The van der Waals surface area contributed by atoms with Crippen molar-refractivity contribution in [2.75, 3.05) is 49.1 Å². The molecule has 3 amide bonds. The Balaban J connectivity index is 1.85. The molecule has 45 heavy (non-hydrogen) atoms. The first-order valence-corrected chi connectivity index (χ1v) is 16.9. The van der Waals surface area contributed by atoms with E-state index in [4.69, 9.17) is 4.74 Å². The van der Waals surface area contributed by atoms with E-state index in [9.17, 15) is 14.7 Å². The Kier molecular flexibility index (Phi) is 10.9. The van der Waals surface area contributed by atoms with Gasteiger partial charge in [0.2, 0.25) is 11.8 Å². The van der Waals surface area contributed by atoms with Gasteiger partial charge in [0.1, 0.15) is 11.6 Å². The van der Waals surface area contributed by atoms with Crippen molar-refractivity contribution in [3.05, 3.63) is 49.6 Å². The summed E-state index contributed by atoms with van der Waals surface area (Å²) in [7, 11) is 0. The molecule has 2 bridgehead atoms. The lowest BCUT2D eigenvalue weighted by Gasteiger charge is -2.40. The van der Waals surface area contributed by atoms with E-state index in [0.717, 1.165) is 25.2 Å². The molecule has 0 radical (unpaired) electrons. The summed E-state index contributed by atoms with van der Waals surface area (Å²) in [6.07, 6.45) is 5.80. The molecule has 3 heterocycles. The minimum atomic E-state index is -1.18. The van der Waals surface area contributed by atoms with Gasteiger partial charge in [0, 0.05) is 44.1 Å². The van der Waals surface area contributed by atoms with Crippen molar-refractivity contribution < 1.29 is 24.2 Å². The highest BCUT2D eigenvalue weighted by molar-refractivity contribution is 6.05. The predicted octanol–water partition coefficient (Wildman–Crippen LogP) is 4.65. The highest BCUT2D eigenvalue weighted by atomic mass is 16.5. The minimum Gasteiger partial charge on any atom is -0.394 e. The lowest BCUT2D eigenvalue weighted by molar-refractivity contribution is -0.154. The summed E-state index contributed by atoms with van der Waals surface area (Å²) >= 11 is 0. The monoisotopic (exact) mass is 622 g/mol. The Morgan fingerprint density at radius 2 is 1.64 bits per heavy atom. The molecule has 2 unspecified atom stereocenters. The van der Waals surface area contributed by atoms with Crippen LogP contribution in [0.2, 0.25) is 0 Å². The van der Waals surface area contributed by atoms with Crippen molar-refractivity contribution in [2.24, 2.45) is 17.8 Å². The summed E-state index contributed by atoms with van der Waals surface area (Å²) in [5, 5.41) is 10.6. The Hall–Kier alpha value is -3.17. The van der Waals surface area contributed by atoms with Gasteiger partial charge in [-0.25, -0.2) is 0 Å². The number of fused-ring (bicyclic) bond motifs is 1. The Bertz CT molecular complexity index is 1250. The maximum absolute atomic E-state index is 15.0.